The number of pyridine rings is 1. The van der Waals surface area contributed by atoms with Crippen molar-refractivity contribution in [2.45, 2.75) is 6.18 Å². The molecule has 19 heavy (non-hydrogen) atoms. The Kier molecular flexibility index (Phi) is 3.09. The molecule has 1 heterocycles. The van der Waals surface area contributed by atoms with E-state index in [4.69, 9.17) is 5.73 Å². The summed E-state index contributed by atoms with van der Waals surface area (Å²) in [5.74, 6) is 0. The number of alkyl halides is 3. The molecule has 100 valence electrons. The first kappa shape index (κ1) is 13.2. The van der Waals surface area contributed by atoms with Gasteiger partial charge in [-0.05, 0) is 23.8 Å². The average molecular weight is 268 g/mol. The number of nitrogens with zero attached hydrogens (tertiary/aromatic N) is 1. The maximum atomic E-state index is 12.6. The molecule has 0 unspecified atom stereocenters. The van der Waals surface area contributed by atoms with Gasteiger partial charge in [0.15, 0.2) is 0 Å². The van der Waals surface area contributed by atoms with Gasteiger partial charge in [-0.25, -0.2) is 0 Å². The lowest BCUT2D eigenvalue weighted by molar-refractivity contribution is -0.137. The molecule has 1 aromatic carbocycles. The van der Waals surface area contributed by atoms with Crippen LogP contribution >= 0.6 is 0 Å². The topological polar surface area (TPSA) is 48.0 Å². The van der Waals surface area contributed by atoms with Gasteiger partial charge in [0, 0.05) is 18.8 Å². The van der Waals surface area contributed by atoms with E-state index < -0.39 is 11.7 Å². The van der Waals surface area contributed by atoms with Crippen LogP contribution in [0.1, 0.15) is 5.56 Å². The number of benzene rings is 1. The molecule has 3 nitrogen and oxygen atoms in total. The molecule has 0 saturated heterocycles. The SMILES string of the molecule is Cn1c(-c2cccc(C(F)(F)F)c2)cc(N)cc1=O. The van der Waals surface area contributed by atoms with Crippen molar-refractivity contribution < 1.29 is 13.2 Å². The molecule has 0 spiro atoms. The summed E-state index contributed by atoms with van der Waals surface area (Å²) in [6, 6.07) is 7.46. The first-order valence-corrected chi connectivity index (χ1v) is 5.43. The molecule has 0 saturated carbocycles. The highest BCUT2D eigenvalue weighted by Crippen LogP contribution is 2.32. The summed E-state index contributed by atoms with van der Waals surface area (Å²) in [7, 11) is 1.48. The standard InChI is InChI=1S/C13H11F3N2O/c1-18-11(6-10(17)7-12(18)19)8-3-2-4-9(5-8)13(14,15)16/h2-7H,17H2,1H3. The zero-order chi connectivity index (χ0) is 14.2. The molecule has 2 N–H and O–H groups in total. The minimum atomic E-state index is -4.42. The van der Waals surface area contributed by atoms with Crippen molar-refractivity contribution in [3.63, 3.8) is 0 Å². The van der Waals surface area contributed by atoms with Crippen LogP contribution in [0.3, 0.4) is 0 Å². The average Bonchev–Trinajstić information content (AvgIpc) is 2.33. The van der Waals surface area contributed by atoms with Gasteiger partial charge in [0.25, 0.3) is 5.56 Å². The summed E-state index contributed by atoms with van der Waals surface area (Å²) >= 11 is 0. The van der Waals surface area contributed by atoms with Crippen LogP contribution in [0.2, 0.25) is 0 Å². The van der Waals surface area contributed by atoms with E-state index in [2.05, 4.69) is 0 Å². The second-order valence-corrected chi connectivity index (χ2v) is 4.15. The van der Waals surface area contributed by atoms with Gasteiger partial charge >= 0.3 is 6.18 Å². The molecule has 0 atom stereocenters. The highest BCUT2D eigenvalue weighted by Gasteiger charge is 2.30. The second kappa shape index (κ2) is 4.46. The molecule has 0 aliphatic rings. The Morgan fingerprint density at radius 3 is 2.47 bits per heavy atom. The molecule has 0 aliphatic heterocycles. The van der Waals surface area contributed by atoms with Crippen LogP contribution in [0.25, 0.3) is 11.3 Å². The van der Waals surface area contributed by atoms with Gasteiger partial charge in [0.05, 0.1) is 11.3 Å². The number of aromatic nitrogens is 1. The molecule has 2 rings (SSSR count). The molecule has 0 amide bonds. The summed E-state index contributed by atoms with van der Waals surface area (Å²) in [6.45, 7) is 0. The molecule has 0 fully saturated rings. The Morgan fingerprint density at radius 1 is 1.16 bits per heavy atom. The fourth-order valence-corrected chi connectivity index (χ4v) is 1.79. The van der Waals surface area contributed by atoms with E-state index in [0.29, 0.717) is 11.3 Å². The van der Waals surface area contributed by atoms with Crippen molar-refractivity contribution in [3.05, 3.63) is 52.3 Å². The minimum absolute atomic E-state index is 0.218. The van der Waals surface area contributed by atoms with Crippen LogP contribution in [0.15, 0.2) is 41.2 Å². The first-order chi connectivity index (χ1) is 8.79. The van der Waals surface area contributed by atoms with E-state index in [-0.39, 0.29) is 11.2 Å². The number of anilines is 1. The lowest BCUT2D eigenvalue weighted by Crippen LogP contribution is -2.18. The monoisotopic (exact) mass is 268 g/mol. The smallest absolute Gasteiger partial charge is 0.399 e. The van der Waals surface area contributed by atoms with E-state index >= 15 is 0 Å². The van der Waals surface area contributed by atoms with Gasteiger partial charge in [0.1, 0.15) is 0 Å². The lowest BCUT2D eigenvalue weighted by Gasteiger charge is -2.12. The van der Waals surface area contributed by atoms with Crippen LogP contribution in [0.5, 0.6) is 0 Å². The van der Waals surface area contributed by atoms with E-state index in [1.54, 1.807) is 0 Å². The quantitative estimate of drug-likeness (QED) is 0.864. The van der Waals surface area contributed by atoms with Gasteiger partial charge in [0.2, 0.25) is 0 Å². The fourth-order valence-electron chi connectivity index (χ4n) is 1.79. The molecular weight excluding hydrogens is 257 g/mol. The number of hydrogen-bond donors (Lipinski definition) is 1. The van der Waals surface area contributed by atoms with Gasteiger partial charge < -0.3 is 10.3 Å². The van der Waals surface area contributed by atoms with E-state index in [1.807, 2.05) is 0 Å². The molecule has 0 aliphatic carbocycles. The predicted molar refractivity (Wildman–Crippen MR) is 66.5 cm³/mol. The van der Waals surface area contributed by atoms with Gasteiger partial charge in [-0.15, -0.1) is 0 Å². The highest BCUT2D eigenvalue weighted by atomic mass is 19.4. The Bertz CT molecular complexity index is 674. The van der Waals surface area contributed by atoms with E-state index in [0.717, 1.165) is 12.1 Å². The minimum Gasteiger partial charge on any atom is -0.399 e. The normalized spacial score (nSPS) is 11.6. The van der Waals surface area contributed by atoms with Gasteiger partial charge in [-0.3, -0.25) is 4.79 Å². The number of nitrogen functional groups attached to an aromatic ring is 1. The molecule has 0 bridgehead atoms. The van der Waals surface area contributed by atoms with Crippen molar-refractivity contribution in [2.75, 3.05) is 5.73 Å². The first-order valence-electron chi connectivity index (χ1n) is 5.43. The largest absolute Gasteiger partial charge is 0.416 e. The number of rotatable bonds is 1. The van der Waals surface area contributed by atoms with Crippen LogP contribution in [-0.2, 0) is 13.2 Å². The summed E-state index contributed by atoms with van der Waals surface area (Å²) in [5.41, 5.74) is 5.28. The summed E-state index contributed by atoms with van der Waals surface area (Å²) in [6.07, 6.45) is -4.42. The number of halogens is 3. The third kappa shape index (κ3) is 2.62. The zero-order valence-corrected chi connectivity index (χ0v) is 10.0. The Hall–Kier alpha value is -2.24. The second-order valence-electron chi connectivity index (χ2n) is 4.15. The maximum Gasteiger partial charge on any atom is 0.416 e. The molecular formula is C13H11F3N2O. The lowest BCUT2D eigenvalue weighted by atomic mass is 10.1. The summed E-state index contributed by atoms with van der Waals surface area (Å²) < 4.78 is 39.2. The number of nitrogens with two attached hydrogens (primary N) is 1. The van der Waals surface area contributed by atoms with Crippen molar-refractivity contribution in [2.24, 2.45) is 7.05 Å². The summed E-state index contributed by atoms with van der Waals surface area (Å²) in [5, 5.41) is 0. The summed E-state index contributed by atoms with van der Waals surface area (Å²) in [4.78, 5) is 11.6. The van der Waals surface area contributed by atoms with Crippen molar-refractivity contribution in [1.29, 1.82) is 0 Å². The van der Waals surface area contributed by atoms with Crippen LogP contribution < -0.4 is 11.3 Å². The molecule has 2 aromatic rings. The maximum absolute atomic E-state index is 12.6. The fraction of sp³-hybridized carbons (Fsp3) is 0.154. The zero-order valence-electron chi connectivity index (χ0n) is 10.0. The van der Waals surface area contributed by atoms with E-state index in [1.165, 1.54) is 35.9 Å². The van der Waals surface area contributed by atoms with Crippen LogP contribution in [-0.4, -0.2) is 4.57 Å². The van der Waals surface area contributed by atoms with E-state index in [9.17, 15) is 18.0 Å². The Morgan fingerprint density at radius 2 is 1.84 bits per heavy atom. The predicted octanol–water partition coefficient (Wildman–Crippen LogP) is 2.65. The van der Waals surface area contributed by atoms with Crippen molar-refractivity contribution in [1.82, 2.24) is 4.57 Å². The van der Waals surface area contributed by atoms with Gasteiger partial charge in [-0.1, -0.05) is 12.1 Å². The third-order valence-electron chi connectivity index (χ3n) is 2.77. The molecule has 6 heteroatoms. The van der Waals surface area contributed by atoms with Gasteiger partial charge in [-0.2, -0.15) is 13.2 Å². The van der Waals surface area contributed by atoms with Crippen LogP contribution in [0.4, 0.5) is 18.9 Å². The Labute approximate surface area is 107 Å². The molecule has 1 aromatic heterocycles. The highest BCUT2D eigenvalue weighted by molar-refractivity contribution is 5.64. The third-order valence-corrected chi connectivity index (χ3v) is 2.77. The molecule has 0 radical (unpaired) electrons. The number of hydrogen-bond acceptors (Lipinski definition) is 2. The Balaban J connectivity index is 2.63. The van der Waals surface area contributed by atoms with Crippen LogP contribution in [0, 0.1) is 0 Å². The van der Waals surface area contributed by atoms with Crippen molar-refractivity contribution >= 4 is 5.69 Å². The van der Waals surface area contributed by atoms with Crippen molar-refractivity contribution in [3.8, 4) is 11.3 Å².